The number of methoxy groups -OCH3 is 1. The Morgan fingerprint density at radius 2 is 1.79 bits per heavy atom. The molecule has 0 atom stereocenters. The van der Waals surface area contributed by atoms with Crippen molar-refractivity contribution >= 4 is 26.0 Å². The molecule has 5 nitrogen and oxygen atoms in total. The smallest absolute Gasteiger partial charge is 0.240 e. The van der Waals surface area contributed by atoms with E-state index < -0.39 is 10.0 Å². The van der Waals surface area contributed by atoms with Crippen LogP contribution in [0.4, 0.5) is 0 Å². The van der Waals surface area contributed by atoms with Crippen molar-refractivity contribution in [1.29, 1.82) is 0 Å². The Morgan fingerprint density at radius 1 is 1.12 bits per heavy atom. The topological polar surface area (TPSA) is 64.6 Å². The molecule has 0 saturated heterocycles. The Morgan fingerprint density at radius 3 is 2.33 bits per heavy atom. The van der Waals surface area contributed by atoms with Gasteiger partial charge in [0.25, 0.3) is 0 Å². The summed E-state index contributed by atoms with van der Waals surface area (Å²) in [5, 5.41) is 0. The number of hydrogen-bond donors (Lipinski definition) is 1. The summed E-state index contributed by atoms with van der Waals surface area (Å²) in [7, 11) is -2.07. The minimum Gasteiger partial charge on any atom is -0.496 e. The summed E-state index contributed by atoms with van der Waals surface area (Å²) in [6.45, 7) is 4.11. The summed E-state index contributed by atoms with van der Waals surface area (Å²) in [6, 6.07) is 12.0. The molecule has 2 aromatic carbocycles. The van der Waals surface area contributed by atoms with Crippen LogP contribution < -0.4 is 14.2 Å². The van der Waals surface area contributed by atoms with E-state index in [0.29, 0.717) is 10.2 Å². The van der Waals surface area contributed by atoms with Crippen molar-refractivity contribution < 1.29 is 17.9 Å². The number of ether oxygens (including phenoxy) is 2. The van der Waals surface area contributed by atoms with E-state index in [1.807, 2.05) is 38.1 Å². The third kappa shape index (κ3) is 4.96. The lowest BCUT2D eigenvalue weighted by molar-refractivity contribution is 0.242. The Bertz CT molecular complexity index is 789. The predicted molar refractivity (Wildman–Crippen MR) is 96.9 cm³/mol. The number of halogens is 1. The van der Waals surface area contributed by atoms with Crippen LogP contribution in [-0.4, -0.2) is 21.6 Å². The van der Waals surface area contributed by atoms with Gasteiger partial charge in [-0.3, -0.25) is 0 Å². The van der Waals surface area contributed by atoms with Crippen molar-refractivity contribution in [3.63, 3.8) is 0 Å². The molecule has 0 radical (unpaired) electrons. The predicted octanol–water partition coefficient (Wildman–Crippen LogP) is 3.72. The van der Waals surface area contributed by atoms with Gasteiger partial charge in [0.05, 0.1) is 22.6 Å². The van der Waals surface area contributed by atoms with Crippen molar-refractivity contribution in [3.8, 4) is 11.5 Å². The number of sulfonamides is 1. The number of hydrogen-bond acceptors (Lipinski definition) is 4. The molecule has 0 aliphatic heterocycles. The van der Waals surface area contributed by atoms with Crippen LogP contribution in [0.2, 0.25) is 0 Å². The van der Waals surface area contributed by atoms with E-state index in [2.05, 4.69) is 20.7 Å². The monoisotopic (exact) mass is 413 g/mol. The zero-order valence-corrected chi connectivity index (χ0v) is 16.1. The Hall–Kier alpha value is -1.57. The molecule has 1 N–H and O–H groups in total. The highest BCUT2D eigenvalue weighted by Gasteiger charge is 2.15. The summed E-state index contributed by atoms with van der Waals surface area (Å²) < 4.78 is 38.6. The molecule has 2 aromatic rings. The molecule has 0 bridgehead atoms. The average Bonchev–Trinajstić information content (AvgIpc) is 2.53. The van der Waals surface area contributed by atoms with Crippen LogP contribution >= 0.6 is 15.9 Å². The second kappa shape index (κ2) is 8.00. The van der Waals surface area contributed by atoms with E-state index in [1.54, 1.807) is 6.07 Å². The highest BCUT2D eigenvalue weighted by atomic mass is 79.9. The first kappa shape index (κ1) is 18.8. The second-order valence-electron chi connectivity index (χ2n) is 5.43. The summed E-state index contributed by atoms with van der Waals surface area (Å²) in [5.41, 5.74) is 0.849. The molecule has 0 fully saturated rings. The molecule has 0 aliphatic rings. The molecule has 0 spiro atoms. The molecule has 24 heavy (non-hydrogen) atoms. The van der Waals surface area contributed by atoms with Crippen LogP contribution in [0.25, 0.3) is 0 Å². The first-order valence-electron chi connectivity index (χ1n) is 7.40. The van der Waals surface area contributed by atoms with Crippen molar-refractivity contribution in [1.82, 2.24) is 4.72 Å². The lowest BCUT2D eigenvalue weighted by Gasteiger charge is -2.11. The summed E-state index contributed by atoms with van der Waals surface area (Å²) in [4.78, 5) is 0.176. The summed E-state index contributed by atoms with van der Waals surface area (Å²) in [6.07, 6.45) is 0.0999. The highest BCUT2D eigenvalue weighted by Crippen LogP contribution is 2.27. The van der Waals surface area contributed by atoms with E-state index in [-0.39, 0.29) is 17.5 Å². The minimum atomic E-state index is -3.60. The SMILES string of the molecule is COc1ccc(S(=O)(=O)NCc2ccc(OC(C)C)cc2)cc1Br. The van der Waals surface area contributed by atoms with Gasteiger partial charge in [-0.2, -0.15) is 0 Å². The Balaban J connectivity index is 2.06. The van der Waals surface area contributed by atoms with Crippen LogP contribution in [0, 0.1) is 0 Å². The molecule has 0 amide bonds. The normalized spacial score (nSPS) is 11.5. The molecule has 130 valence electrons. The maximum atomic E-state index is 12.4. The van der Waals surface area contributed by atoms with E-state index in [9.17, 15) is 8.42 Å². The molecule has 0 aromatic heterocycles. The van der Waals surface area contributed by atoms with Gasteiger partial charge >= 0.3 is 0 Å². The zero-order valence-electron chi connectivity index (χ0n) is 13.7. The fraction of sp³-hybridized carbons (Fsp3) is 0.294. The van der Waals surface area contributed by atoms with Crippen LogP contribution in [0.5, 0.6) is 11.5 Å². The van der Waals surface area contributed by atoms with E-state index >= 15 is 0 Å². The van der Waals surface area contributed by atoms with Crippen LogP contribution in [0.1, 0.15) is 19.4 Å². The van der Waals surface area contributed by atoms with Crippen molar-refractivity contribution in [2.24, 2.45) is 0 Å². The van der Waals surface area contributed by atoms with Gasteiger partial charge in [0.2, 0.25) is 10.0 Å². The third-order valence-corrected chi connectivity index (χ3v) is 5.21. The summed E-state index contributed by atoms with van der Waals surface area (Å²) >= 11 is 3.29. The third-order valence-electron chi connectivity index (χ3n) is 3.20. The fourth-order valence-corrected chi connectivity index (χ4v) is 3.77. The van der Waals surface area contributed by atoms with Crippen molar-refractivity contribution in [2.75, 3.05) is 7.11 Å². The van der Waals surface area contributed by atoms with Gasteiger partial charge in [0.1, 0.15) is 11.5 Å². The van der Waals surface area contributed by atoms with E-state index in [1.165, 1.54) is 19.2 Å². The molecular formula is C17H20BrNO4S. The van der Waals surface area contributed by atoms with Crippen molar-refractivity contribution in [2.45, 2.75) is 31.4 Å². The van der Waals surface area contributed by atoms with Crippen LogP contribution in [0.3, 0.4) is 0 Å². The van der Waals surface area contributed by atoms with Gasteiger partial charge in [0.15, 0.2) is 0 Å². The van der Waals surface area contributed by atoms with Gasteiger partial charge < -0.3 is 9.47 Å². The number of nitrogens with one attached hydrogen (secondary N) is 1. The largest absolute Gasteiger partial charge is 0.496 e. The van der Waals surface area contributed by atoms with E-state index in [4.69, 9.17) is 9.47 Å². The highest BCUT2D eigenvalue weighted by molar-refractivity contribution is 9.10. The van der Waals surface area contributed by atoms with Crippen LogP contribution in [-0.2, 0) is 16.6 Å². The van der Waals surface area contributed by atoms with Crippen molar-refractivity contribution in [3.05, 3.63) is 52.5 Å². The lowest BCUT2D eigenvalue weighted by Crippen LogP contribution is -2.23. The Labute approximate surface area is 151 Å². The molecule has 0 aliphatic carbocycles. The first-order chi connectivity index (χ1) is 11.3. The standard InChI is InChI=1S/C17H20BrNO4S/c1-12(2)23-14-6-4-13(5-7-14)11-19-24(20,21)15-8-9-17(22-3)16(18)10-15/h4-10,12,19H,11H2,1-3H3. The minimum absolute atomic E-state index is 0.0999. The summed E-state index contributed by atoms with van der Waals surface area (Å²) in [5.74, 6) is 1.34. The van der Waals surface area contributed by atoms with Gasteiger partial charge in [-0.15, -0.1) is 0 Å². The van der Waals surface area contributed by atoms with Gasteiger partial charge in [0, 0.05) is 6.54 Å². The first-order valence-corrected chi connectivity index (χ1v) is 9.68. The average molecular weight is 414 g/mol. The maximum Gasteiger partial charge on any atom is 0.240 e. The maximum absolute atomic E-state index is 12.4. The molecule has 0 saturated carbocycles. The number of rotatable bonds is 7. The van der Waals surface area contributed by atoms with Gasteiger partial charge in [-0.05, 0) is 65.7 Å². The second-order valence-corrected chi connectivity index (χ2v) is 8.05. The number of benzene rings is 2. The molecular weight excluding hydrogens is 394 g/mol. The zero-order chi connectivity index (χ0) is 17.7. The van der Waals surface area contributed by atoms with Gasteiger partial charge in [-0.25, -0.2) is 13.1 Å². The molecule has 7 heteroatoms. The Kier molecular flexibility index (Phi) is 6.26. The van der Waals surface area contributed by atoms with E-state index in [0.717, 1.165) is 11.3 Å². The fourth-order valence-electron chi connectivity index (χ4n) is 2.03. The molecule has 0 unspecified atom stereocenters. The van der Waals surface area contributed by atoms with Gasteiger partial charge in [-0.1, -0.05) is 12.1 Å². The molecule has 2 rings (SSSR count). The quantitative estimate of drug-likeness (QED) is 0.750. The lowest BCUT2D eigenvalue weighted by atomic mass is 10.2. The molecule has 0 heterocycles. The van der Waals surface area contributed by atoms with Crippen LogP contribution in [0.15, 0.2) is 51.8 Å².